The number of ether oxygens (including phenoxy) is 3. The van der Waals surface area contributed by atoms with Gasteiger partial charge in [0.2, 0.25) is 11.8 Å². The fourth-order valence-electron chi connectivity index (χ4n) is 6.69. The number of rotatable bonds is 15. The summed E-state index contributed by atoms with van der Waals surface area (Å²) in [4.78, 5) is 24.8. The van der Waals surface area contributed by atoms with Crippen LogP contribution in [0.1, 0.15) is 31.0 Å². The predicted molar refractivity (Wildman–Crippen MR) is 235 cm³/mol. The van der Waals surface area contributed by atoms with Gasteiger partial charge in [-0.25, -0.2) is 22.9 Å². The highest BCUT2D eigenvalue weighted by atomic mass is 32.2. The molecule has 2 aromatic heterocycles. The Bertz CT molecular complexity index is 2660. The second-order valence-electron chi connectivity index (χ2n) is 15.4. The van der Waals surface area contributed by atoms with Crippen LogP contribution in [0.4, 0.5) is 27.9 Å². The van der Waals surface area contributed by atoms with Crippen molar-refractivity contribution in [3.63, 3.8) is 0 Å². The van der Waals surface area contributed by atoms with Crippen LogP contribution in [0.2, 0.25) is 0 Å². The summed E-state index contributed by atoms with van der Waals surface area (Å²) in [6, 6.07) is 26.4. The van der Waals surface area contributed by atoms with Crippen LogP contribution in [-0.4, -0.2) is 98.1 Å². The van der Waals surface area contributed by atoms with Crippen molar-refractivity contribution in [3.8, 4) is 23.1 Å². The first-order valence-electron chi connectivity index (χ1n) is 19.6. The fraction of sp³-hybridized carbons (Fsp3) is 0.302. The van der Waals surface area contributed by atoms with Crippen molar-refractivity contribution in [1.29, 1.82) is 0 Å². The summed E-state index contributed by atoms with van der Waals surface area (Å²) in [5, 5.41) is 15.3. The number of benzene rings is 4. The Kier molecular flexibility index (Phi) is 12.9. The van der Waals surface area contributed by atoms with E-state index in [1.807, 2.05) is 68.4 Å². The molecule has 1 fully saturated rings. The van der Waals surface area contributed by atoms with Gasteiger partial charge in [0, 0.05) is 72.9 Å². The molecule has 6 aromatic rings. The second-order valence-corrected chi connectivity index (χ2v) is 20.9. The maximum absolute atomic E-state index is 13.6. The topological polar surface area (TPSA) is 179 Å². The summed E-state index contributed by atoms with van der Waals surface area (Å²) in [5.74, 6) is 1.89. The molecule has 3 N–H and O–H groups in total. The summed E-state index contributed by atoms with van der Waals surface area (Å²) in [6.07, 6.45) is 3.14. The molecule has 17 heteroatoms. The molecule has 7 rings (SSSR count). The molecule has 0 aliphatic carbocycles. The minimum absolute atomic E-state index is 0.0910. The average Bonchev–Trinajstić information content (AvgIpc) is 3.62. The Morgan fingerprint density at radius 3 is 2.47 bits per heavy atom. The first kappa shape index (κ1) is 42.3. The molecule has 0 saturated carbocycles. The number of aromatic nitrogens is 4. The summed E-state index contributed by atoms with van der Waals surface area (Å²) in [7, 11) is -5.87. The lowest BCUT2D eigenvalue weighted by atomic mass is 10.1. The lowest BCUT2D eigenvalue weighted by Gasteiger charge is -2.26. The van der Waals surface area contributed by atoms with E-state index in [1.165, 1.54) is 18.3 Å². The lowest BCUT2D eigenvalue weighted by Crippen LogP contribution is -2.38. The number of amides is 2. The molecule has 60 heavy (non-hydrogen) atoms. The molecular weight excluding hydrogens is 804 g/mol. The van der Waals surface area contributed by atoms with Gasteiger partial charge < -0.3 is 29.4 Å². The Balaban J connectivity index is 1.07. The third kappa shape index (κ3) is 11.1. The number of carbonyl (C=O) groups excluding carboxylic acids is 1. The van der Waals surface area contributed by atoms with Crippen LogP contribution < -0.4 is 25.4 Å². The van der Waals surface area contributed by atoms with Crippen LogP contribution >= 0.6 is 7.14 Å². The third-order valence-electron chi connectivity index (χ3n) is 9.60. The molecule has 15 nitrogen and oxygen atoms in total. The Morgan fingerprint density at radius 1 is 0.933 bits per heavy atom. The number of fused-ring (bicyclic) bond motifs is 1. The number of nitrogens with one attached hydrogen (secondary N) is 3. The van der Waals surface area contributed by atoms with Crippen molar-refractivity contribution >= 4 is 56.9 Å². The van der Waals surface area contributed by atoms with Crippen LogP contribution in [0.5, 0.6) is 17.4 Å². The second kappa shape index (κ2) is 18.2. The van der Waals surface area contributed by atoms with Crippen molar-refractivity contribution < 1.29 is 32.0 Å². The van der Waals surface area contributed by atoms with Gasteiger partial charge >= 0.3 is 6.03 Å². The number of carbonyl (C=O) groups is 1. The van der Waals surface area contributed by atoms with Gasteiger partial charge in [-0.2, -0.15) is 10.1 Å². The molecule has 0 spiro atoms. The summed E-state index contributed by atoms with van der Waals surface area (Å²) >= 11 is 0. The van der Waals surface area contributed by atoms with E-state index >= 15 is 0 Å². The average molecular weight is 853 g/mol. The van der Waals surface area contributed by atoms with E-state index in [9.17, 15) is 17.8 Å². The quantitative estimate of drug-likeness (QED) is 0.0843. The van der Waals surface area contributed by atoms with Crippen LogP contribution in [0.15, 0.2) is 102 Å². The molecule has 1 saturated heterocycles. The Labute approximate surface area is 349 Å². The number of hydrogen-bond acceptors (Lipinski definition) is 12. The zero-order chi connectivity index (χ0) is 42.4. The standard InChI is InChI=1S/C43H49N8O7PS/c1-29(2)38-27-40(51(49-38)32-10-8-9-30(23-32)28-59(3,4)53)47-43(52)46-37-13-14-39(36-12-7-6-11-35(36)37)58-41-15-16-44-42(48-41)45-31-24-33(26-34(25-31)60(5,54)55)57-22-19-50-17-20-56-21-18-50/h6-16,23-27,29H,17-22,28H2,1-5H3,(H,44,45,48)(H2,46,47,52). The third-order valence-corrected chi connectivity index (χ3v) is 11.8. The SMILES string of the molecule is CC(C)c1cc(NC(=O)Nc2ccc(Oc3ccnc(Nc4cc(OCCN5CCOCC5)cc(S(C)(=O)=O)c4)n3)c3ccccc23)n(-c2cccc(CP(C)(C)=O)c2)n1. The van der Waals surface area contributed by atoms with E-state index in [1.54, 1.807) is 42.3 Å². The first-order valence-corrected chi connectivity index (χ1v) is 24.2. The van der Waals surface area contributed by atoms with Gasteiger partial charge in [-0.15, -0.1) is 0 Å². The van der Waals surface area contributed by atoms with Crippen LogP contribution in [0.25, 0.3) is 16.5 Å². The van der Waals surface area contributed by atoms with E-state index in [-0.39, 0.29) is 22.6 Å². The lowest BCUT2D eigenvalue weighted by molar-refractivity contribution is 0.0322. The predicted octanol–water partition coefficient (Wildman–Crippen LogP) is 8.36. The highest BCUT2D eigenvalue weighted by Gasteiger charge is 2.19. The smallest absolute Gasteiger partial charge is 0.324 e. The van der Waals surface area contributed by atoms with Crippen molar-refractivity contribution in [3.05, 3.63) is 108 Å². The molecule has 1 aliphatic rings. The number of nitrogens with zero attached hydrogens (tertiary/aromatic N) is 5. The first-order chi connectivity index (χ1) is 28.7. The van der Waals surface area contributed by atoms with Gasteiger partial charge in [0.15, 0.2) is 9.84 Å². The highest BCUT2D eigenvalue weighted by Crippen LogP contribution is 2.41. The van der Waals surface area contributed by atoms with Crippen LogP contribution in [0, 0.1) is 0 Å². The van der Waals surface area contributed by atoms with E-state index in [2.05, 4.69) is 30.8 Å². The fourth-order valence-corrected chi connectivity index (χ4v) is 8.44. The maximum atomic E-state index is 13.6. The highest BCUT2D eigenvalue weighted by molar-refractivity contribution is 7.90. The van der Waals surface area contributed by atoms with Gasteiger partial charge in [-0.1, -0.05) is 50.2 Å². The summed E-state index contributed by atoms with van der Waals surface area (Å²) in [6.45, 7) is 11.6. The molecule has 3 heterocycles. The molecule has 4 aromatic carbocycles. The van der Waals surface area contributed by atoms with E-state index in [0.717, 1.165) is 47.1 Å². The number of urea groups is 1. The normalized spacial score (nSPS) is 13.6. The van der Waals surface area contributed by atoms with Crippen molar-refractivity contribution in [2.24, 2.45) is 0 Å². The monoisotopic (exact) mass is 852 g/mol. The van der Waals surface area contributed by atoms with Gasteiger partial charge in [0.05, 0.1) is 42.3 Å². The minimum atomic E-state index is -3.56. The zero-order valence-corrected chi connectivity index (χ0v) is 35.9. The van der Waals surface area contributed by atoms with Gasteiger partial charge in [-0.05, 0) is 61.2 Å². The zero-order valence-electron chi connectivity index (χ0n) is 34.2. The molecule has 0 bridgehead atoms. The molecule has 1 aliphatic heterocycles. The molecular formula is C43H49N8O7PS. The van der Waals surface area contributed by atoms with Gasteiger partial charge in [0.1, 0.15) is 23.9 Å². The van der Waals surface area contributed by atoms with Gasteiger partial charge in [-0.3, -0.25) is 10.2 Å². The summed E-state index contributed by atoms with van der Waals surface area (Å²) < 4.78 is 57.1. The van der Waals surface area contributed by atoms with E-state index in [4.69, 9.17) is 19.3 Å². The van der Waals surface area contributed by atoms with Crippen molar-refractivity contribution in [2.75, 3.05) is 75.0 Å². The Hall–Kier alpha value is -5.80. The number of sulfone groups is 1. The van der Waals surface area contributed by atoms with Gasteiger partial charge in [0.25, 0.3) is 0 Å². The van der Waals surface area contributed by atoms with E-state index < -0.39 is 23.0 Å². The number of hydrogen-bond donors (Lipinski definition) is 3. The van der Waals surface area contributed by atoms with Crippen molar-refractivity contribution in [2.45, 2.75) is 30.8 Å². The van der Waals surface area contributed by atoms with Crippen LogP contribution in [-0.2, 0) is 25.3 Å². The van der Waals surface area contributed by atoms with Crippen LogP contribution in [0.3, 0.4) is 0 Å². The molecule has 2 amide bonds. The molecule has 0 atom stereocenters. The molecule has 0 radical (unpaired) electrons. The number of morpholine rings is 1. The summed E-state index contributed by atoms with van der Waals surface area (Å²) in [5.41, 5.74) is 3.45. The molecule has 0 unspecified atom stereocenters. The van der Waals surface area contributed by atoms with E-state index in [0.29, 0.717) is 61.2 Å². The molecule has 314 valence electrons. The Morgan fingerprint density at radius 2 is 1.72 bits per heavy atom. The minimum Gasteiger partial charge on any atom is -0.492 e. The number of anilines is 4. The largest absolute Gasteiger partial charge is 0.492 e. The maximum Gasteiger partial charge on any atom is 0.324 e. The van der Waals surface area contributed by atoms with Crippen molar-refractivity contribution in [1.82, 2.24) is 24.6 Å².